The lowest BCUT2D eigenvalue weighted by Gasteiger charge is -2.28. The summed E-state index contributed by atoms with van der Waals surface area (Å²) in [5.74, 6) is 0.537. The van der Waals surface area contributed by atoms with Gasteiger partial charge in [0, 0.05) is 17.0 Å². The number of fused-ring (bicyclic) bond motifs is 1. The van der Waals surface area contributed by atoms with Crippen molar-refractivity contribution in [3.8, 4) is 0 Å². The number of amides is 1. The molecule has 1 atom stereocenters. The molecular formula is C15H17ClN2O2. The number of furan rings is 1. The number of halogens is 1. The number of nitrogens with two attached hydrogens (primary N) is 1. The van der Waals surface area contributed by atoms with Crippen molar-refractivity contribution in [1.82, 2.24) is 5.32 Å². The lowest BCUT2D eigenvalue weighted by Crippen LogP contribution is -2.53. The quantitative estimate of drug-likeness (QED) is 0.910. The molecule has 3 rings (SSSR count). The van der Waals surface area contributed by atoms with Crippen molar-refractivity contribution in [1.29, 1.82) is 0 Å². The second-order valence-corrected chi connectivity index (χ2v) is 6.08. The summed E-state index contributed by atoms with van der Waals surface area (Å²) in [7, 11) is 0. The predicted octanol–water partition coefficient (Wildman–Crippen LogP) is 2.94. The van der Waals surface area contributed by atoms with Crippen LogP contribution in [-0.4, -0.2) is 18.0 Å². The molecule has 0 bridgehead atoms. The van der Waals surface area contributed by atoms with Crippen molar-refractivity contribution < 1.29 is 9.21 Å². The van der Waals surface area contributed by atoms with Gasteiger partial charge < -0.3 is 15.5 Å². The Kier molecular flexibility index (Phi) is 3.22. The van der Waals surface area contributed by atoms with Crippen LogP contribution in [0.15, 0.2) is 28.7 Å². The van der Waals surface area contributed by atoms with Gasteiger partial charge in [0.15, 0.2) is 5.76 Å². The molecule has 1 aliphatic rings. The molecule has 2 aromatic rings. The summed E-state index contributed by atoms with van der Waals surface area (Å²) in [6.45, 7) is 2.41. The normalized spacial score (nSPS) is 17.9. The fraction of sp³-hybridized carbons (Fsp3) is 0.400. The molecule has 20 heavy (non-hydrogen) atoms. The molecular weight excluding hydrogens is 276 g/mol. The van der Waals surface area contributed by atoms with E-state index in [0.29, 0.717) is 28.8 Å². The molecule has 1 saturated carbocycles. The van der Waals surface area contributed by atoms with E-state index in [4.69, 9.17) is 21.8 Å². The molecule has 0 saturated heterocycles. The zero-order chi connectivity index (χ0) is 14.3. The van der Waals surface area contributed by atoms with E-state index in [1.54, 1.807) is 24.3 Å². The molecule has 1 aromatic heterocycles. The number of hydrogen-bond acceptors (Lipinski definition) is 3. The number of carbonyl (C=O) groups excluding carboxylic acids is 1. The second-order valence-electron chi connectivity index (χ2n) is 5.64. The highest BCUT2D eigenvalue weighted by Gasteiger charge is 2.42. The van der Waals surface area contributed by atoms with Gasteiger partial charge in [-0.15, -0.1) is 0 Å². The molecule has 0 spiro atoms. The van der Waals surface area contributed by atoms with Crippen molar-refractivity contribution in [2.75, 3.05) is 6.54 Å². The van der Waals surface area contributed by atoms with Crippen LogP contribution in [0.5, 0.6) is 0 Å². The molecule has 1 fully saturated rings. The van der Waals surface area contributed by atoms with Crippen LogP contribution in [0.3, 0.4) is 0 Å². The van der Waals surface area contributed by atoms with Crippen LogP contribution in [0.4, 0.5) is 0 Å². The number of nitrogens with one attached hydrogen (secondary N) is 1. The van der Waals surface area contributed by atoms with Crippen molar-refractivity contribution in [3.63, 3.8) is 0 Å². The summed E-state index contributed by atoms with van der Waals surface area (Å²) >= 11 is 5.93. The number of rotatable bonds is 4. The standard InChI is InChI=1S/C15H17ClN2O2/c1-15(8-17,10-2-3-10)18-14(19)13-7-9-6-11(16)4-5-12(9)20-13/h4-7,10H,2-3,8,17H2,1H3,(H,18,19). The molecule has 1 unspecified atom stereocenters. The largest absolute Gasteiger partial charge is 0.451 e. The fourth-order valence-corrected chi connectivity index (χ4v) is 2.67. The van der Waals surface area contributed by atoms with Gasteiger partial charge in [0.1, 0.15) is 5.58 Å². The van der Waals surface area contributed by atoms with Crippen molar-refractivity contribution in [2.24, 2.45) is 11.7 Å². The minimum absolute atomic E-state index is 0.225. The molecule has 4 nitrogen and oxygen atoms in total. The molecule has 1 aliphatic carbocycles. The first kappa shape index (κ1) is 13.5. The molecule has 0 radical (unpaired) electrons. The molecule has 3 N–H and O–H groups in total. The van der Waals surface area contributed by atoms with E-state index in [1.807, 2.05) is 6.92 Å². The summed E-state index contributed by atoms with van der Waals surface area (Å²) in [6.07, 6.45) is 2.23. The maximum Gasteiger partial charge on any atom is 0.287 e. The third kappa shape index (κ3) is 2.41. The van der Waals surface area contributed by atoms with Crippen molar-refractivity contribution in [2.45, 2.75) is 25.3 Å². The van der Waals surface area contributed by atoms with Gasteiger partial charge >= 0.3 is 0 Å². The average molecular weight is 293 g/mol. The summed E-state index contributed by atoms with van der Waals surface area (Å²) in [5.41, 5.74) is 6.11. The molecule has 5 heteroatoms. The Labute approximate surface area is 122 Å². The molecule has 1 heterocycles. The van der Waals surface area contributed by atoms with Crippen LogP contribution in [0.1, 0.15) is 30.3 Å². The van der Waals surface area contributed by atoms with E-state index in [0.717, 1.165) is 18.2 Å². The number of carbonyl (C=O) groups is 1. The predicted molar refractivity (Wildman–Crippen MR) is 78.9 cm³/mol. The van der Waals surface area contributed by atoms with E-state index in [9.17, 15) is 4.79 Å². The maximum absolute atomic E-state index is 12.3. The molecule has 1 amide bonds. The Bertz CT molecular complexity index is 663. The van der Waals surface area contributed by atoms with Crippen LogP contribution >= 0.6 is 11.6 Å². The van der Waals surface area contributed by atoms with Gasteiger partial charge in [0.25, 0.3) is 5.91 Å². The first-order valence-electron chi connectivity index (χ1n) is 6.73. The van der Waals surface area contributed by atoms with Crippen molar-refractivity contribution in [3.05, 3.63) is 35.0 Å². The molecule has 1 aromatic carbocycles. The zero-order valence-electron chi connectivity index (χ0n) is 11.3. The second kappa shape index (κ2) is 4.79. The highest BCUT2D eigenvalue weighted by molar-refractivity contribution is 6.31. The van der Waals surface area contributed by atoms with Gasteiger partial charge in [0.2, 0.25) is 0 Å². The number of benzene rings is 1. The molecule has 0 aliphatic heterocycles. The smallest absolute Gasteiger partial charge is 0.287 e. The minimum atomic E-state index is -0.353. The van der Waals surface area contributed by atoms with Gasteiger partial charge in [-0.2, -0.15) is 0 Å². The van der Waals surface area contributed by atoms with Crippen molar-refractivity contribution >= 4 is 28.5 Å². The SMILES string of the molecule is CC(CN)(NC(=O)c1cc2cc(Cl)ccc2o1)C1CC1. The van der Waals surface area contributed by atoms with Gasteiger partial charge in [-0.05, 0) is 49.9 Å². The lowest BCUT2D eigenvalue weighted by molar-refractivity contribution is 0.0871. The molecule has 106 valence electrons. The van der Waals surface area contributed by atoms with E-state index in [2.05, 4.69) is 5.32 Å². The van der Waals surface area contributed by atoms with Gasteiger partial charge in [0.05, 0.1) is 5.54 Å². The third-order valence-electron chi connectivity index (χ3n) is 4.00. The van der Waals surface area contributed by atoms with E-state index >= 15 is 0 Å². The summed E-state index contributed by atoms with van der Waals surface area (Å²) in [5, 5.41) is 4.45. The van der Waals surface area contributed by atoms with Crippen LogP contribution in [0.25, 0.3) is 11.0 Å². The first-order valence-corrected chi connectivity index (χ1v) is 7.11. The maximum atomic E-state index is 12.3. The Balaban J connectivity index is 1.85. The van der Waals surface area contributed by atoms with E-state index < -0.39 is 0 Å². The zero-order valence-corrected chi connectivity index (χ0v) is 12.0. The van der Waals surface area contributed by atoms with Gasteiger partial charge in [-0.25, -0.2) is 0 Å². The van der Waals surface area contributed by atoms with Crippen LogP contribution in [0, 0.1) is 5.92 Å². The minimum Gasteiger partial charge on any atom is -0.451 e. The fourth-order valence-electron chi connectivity index (χ4n) is 2.49. The summed E-state index contributed by atoms with van der Waals surface area (Å²) in [4.78, 5) is 12.3. The number of hydrogen-bond donors (Lipinski definition) is 2. The Morgan fingerprint density at radius 3 is 2.90 bits per heavy atom. The van der Waals surface area contributed by atoms with Crippen LogP contribution in [0.2, 0.25) is 5.02 Å². The first-order chi connectivity index (χ1) is 9.51. The topological polar surface area (TPSA) is 68.3 Å². The van der Waals surface area contributed by atoms with Gasteiger partial charge in [-0.3, -0.25) is 4.79 Å². The van der Waals surface area contributed by atoms with E-state index in [-0.39, 0.29) is 11.4 Å². The van der Waals surface area contributed by atoms with Gasteiger partial charge in [-0.1, -0.05) is 11.6 Å². The summed E-state index contributed by atoms with van der Waals surface area (Å²) < 4.78 is 5.56. The summed E-state index contributed by atoms with van der Waals surface area (Å²) in [6, 6.07) is 6.99. The highest BCUT2D eigenvalue weighted by Crippen LogP contribution is 2.39. The van der Waals surface area contributed by atoms with E-state index in [1.165, 1.54) is 0 Å². The monoisotopic (exact) mass is 292 g/mol. The Hall–Kier alpha value is -1.52. The van der Waals surface area contributed by atoms with Crippen LogP contribution < -0.4 is 11.1 Å². The Morgan fingerprint density at radius 1 is 1.50 bits per heavy atom. The third-order valence-corrected chi connectivity index (χ3v) is 4.24. The average Bonchev–Trinajstić information content (AvgIpc) is 3.19. The Morgan fingerprint density at radius 2 is 2.25 bits per heavy atom. The highest BCUT2D eigenvalue weighted by atomic mass is 35.5. The lowest BCUT2D eigenvalue weighted by atomic mass is 9.96. The van der Waals surface area contributed by atoms with Crippen LogP contribution in [-0.2, 0) is 0 Å².